The summed E-state index contributed by atoms with van der Waals surface area (Å²) in [5, 5.41) is 12.1. The van der Waals surface area contributed by atoms with Crippen molar-refractivity contribution in [3.8, 4) is 0 Å². The van der Waals surface area contributed by atoms with Crippen LogP contribution in [0.4, 0.5) is 8.78 Å². The van der Waals surface area contributed by atoms with Crippen LogP contribution in [0.2, 0.25) is 0 Å². The van der Waals surface area contributed by atoms with Gasteiger partial charge in [0.1, 0.15) is 11.5 Å². The van der Waals surface area contributed by atoms with Crippen LogP contribution in [0.15, 0.2) is 16.5 Å². The van der Waals surface area contributed by atoms with Gasteiger partial charge in [0.15, 0.2) is 0 Å². The van der Waals surface area contributed by atoms with Crippen LogP contribution in [0.1, 0.15) is 31.8 Å². The third-order valence-corrected chi connectivity index (χ3v) is 3.57. The highest BCUT2D eigenvalue weighted by Crippen LogP contribution is 2.21. The van der Waals surface area contributed by atoms with Gasteiger partial charge in [0, 0.05) is 6.54 Å². The molecule has 0 aliphatic heterocycles. The van der Waals surface area contributed by atoms with Crippen molar-refractivity contribution in [1.82, 2.24) is 5.32 Å². The van der Waals surface area contributed by atoms with Crippen molar-refractivity contribution in [2.45, 2.75) is 38.3 Å². The molecule has 1 aromatic heterocycles. The van der Waals surface area contributed by atoms with Crippen molar-refractivity contribution in [2.75, 3.05) is 6.54 Å². The van der Waals surface area contributed by atoms with Gasteiger partial charge < -0.3 is 14.8 Å². The Morgan fingerprint density at radius 1 is 1.38 bits per heavy atom. The Hall–Kier alpha value is -1.08. The van der Waals surface area contributed by atoms with Gasteiger partial charge >= 0.3 is 5.97 Å². The fourth-order valence-corrected chi connectivity index (χ4v) is 2.40. The third kappa shape index (κ3) is 7.47. The lowest BCUT2D eigenvalue weighted by atomic mass is 9.97. The molecule has 0 bridgehead atoms. The van der Waals surface area contributed by atoms with Crippen molar-refractivity contribution in [2.24, 2.45) is 11.8 Å². The second-order valence-corrected chi connectivity index (χ2v) is 6.21. The van der Waals surface area contributed by atoms with Crippen LogP contribution in [0, 0.1) is 11.8 Å². The minimum Gasteiger partial charge on any atom is -0.481 e. The number of thioether (sulfide) groups is 1. The van der Waals surface area contributed by atoms with Crippen molar-refractivity contribution in [3.05, 3.63) is 23.7 Å². The van der Waals surface area contributed by atoms with Crippen LogP contribution < -0.4 is 5.32 Å². The number of hydrogen-bond acceptors (Lipinski definition) is 4. The van der Waals surface area contributed by atoms with Crippen LogP contribution in [0.5, 0.6) is 0 Å². The summed E-state index contributed by atoms with van der Waals surface area (Å²) in [7, 11) is 0. The summed E-state index contributed by atoms with van der Waals surface area (Å²) in [6.45, 7) is 4.71. The largest absolute Gasteiger partial charge is 0.481 e. The molecule has 1 aromatic rings. The fraction of sp³-hybridized carbons (Fsp3) is 0.643. The van der Waals surface area contributed by atoms with Crippen LogP contribution >= 0.6 is 11.8 Å². The van der Waals surface area contributed by atoms with E-state index < -0.39 is 17.6 Å². The molecule has 1 unspecified atom stereocenters. The Balaban J connectivity index is 2.35. The van der Waals surface area contributed by atoms with Crippen molar-refractivity contribution in [1.29, 1.82) is 0 Å². The summed E-state index contributed by atoms with van der Waals surface area (Å²) in [4.78, 5) is 11.1. The number of carboxylic acids is 1. The number of alkyl halides is 2. The smallest absolute Gasteiger partial charge is 0.307 e. The lowest BCUT2D eigenvalue weighted by Crippen LogP contribution is -2.29. The normalized spacial score (nSPS) is 13.0. The maximum atomic E-state index is 12.1. The van der Waals surface area contributed by atoms with Crippen LogP contribution in [-0.4, -0.2) is 23.4 Å². The molecule has 0 amide bonds. The minimum atomic E-state index is -2.41. The molecular weight excluding hydrogens is 300 g/mol. The highest BCUT2D eigenvalue weighted by Gasteiger charge is 2.18. The van der Waals surface area contributed by atoms with E-state index >= 15 is 0 Å². The van der Waals surface area contributed by atoms with E-state index in [1.54, 1.807) is 12.1 Å². The third-order valence-electron chi connectivity index (χ3n) is 2.86. The van der Waals surface area contributed by atoms with Gasteiger partial charge in [-0.1, -0.05) is 25.6 Å². The second-order valence-electron chi connectivity index (χ2n) is 5.24. The second kappa shape index (κ2) is 9.04. The molecule has 21 heavy (non-hydrogen) atoms. The molecule has 7 heteroatoms. The molecule has 1 atom stereocenters. The van der Waals surface area contributed by atoms with Gasteiger partial charge in [0.2, 0.25) is 0 Å². The number of furan rings is 1. The molecule has 0 fully saturated rings. The molecular formula is C14H21F2NO3S. The van der Waals surface area contributed by atoms with Gasteiger partial charge in [-0.05, 0) is 24.5 Å². The predicted molar refractivity (Wildman–Crippen MR) is 78.3 cm³/mol. The summed E-state index contributed by atoms with van der Waals surface area (Å²) in [6.07, 6.45) is 0.608. The molecule has 0 saturated carbocycles. The highest BCUT2D eigenvalue weighted by atomic mass is 32.2. The number of hydrogen-bond donors (Lipinski definition) is 2. The first-order valence-electron chi connectivity index (χ1n) is 6.79. The molecule has 1 rings (SSSR count). The maximum Gasteiger partial charge on any atom is 0.307 e. The number of nitrogens with one attached hydrogen (secondary N) is 1. The molecule has 0 aromatic carbocycles. The van der Waals surface area contributed by atoms with E-state index in [4.69, 9.17) is 9.52 Å². The Morgan fingerprint density at radius 3 is 2.62 bits per heavy atom. The number of carboxylic acid groups (broad SMARTS) is 1. The molecule has 120 valence electrons. The van der Waals surface area contributed by atoms with E-state index in [0.717, 1.165) is 0 Å². The average molecular weight is 321 g/mol. The zero-order valence-corrected chi connectivity index (χ0v) is 13.0. The SMILES string of the molecule is CC(C)CC(CNCc1ccc(CSC(F)F)o1)C(=O)O. The van der Waals surface area contributed by atoms with E-state index in [9.17, 15) is 13.6 Å². The first kappa shape index (κ1) is 18.0. The van der Waals surface area contributed by atoms with Gasteiger partial charge in [0.05, 0.1) is 18.2 Å². The molecule has 4 nitrogen and oxygen atoms in total. The molecule has 0 aliphatic rings. The monoisotopic (exact) mass is 321 g/mol. The summed E-state index contributed by atoms with van der Waals surface area (Å²) in [6, 6.07) is 3.38. The predicted octanol–water partition coefficient (Wildman–Crippen LogP) is 3.57. The first-order chi connectivity index (χ1) is 9.88. The van der Waals surface area contributed by atoms with Crippen molar-refractivity contribution >= 4 is 17.7 Å². The molecule has 0 aliphatic carbocycles. The zero-order chi connectivity index (χ0) is 15.8. The molecule has 1 heterocycles. The van der Waals surface area contributed by atoms with E-state index in [2.05, 4.69) is 5.32 Å². The van der Waals surface area contributed by atoms with E-state index in [-0.39, 0.29) is 5.75 Å². The van der Waals surface area contributed by atoms with Crippen molar-refractivity contribution in [3.63, 3.8) is 0 Å². The first-order valence-corrected chi connectivity index (χ1v) is 7.84. The van der Waals surface area contributed by atoms with Crippen molar-refractivity contribution < 1.29 is 23.1 Å². The van der Waals surface area contributed by atoms with E-state index in [0.29, 0.717) is 48.7 Å². The van der Waals surface area contributed by atoms with Gasteiger partial charge in [-0.2, -0.15) is 8.78 Å². The lowest BCUT2D eigenvalue weighted by molar-refractivity contribution is -0.142. The summed E-state index contributed by atoms with van der Waals surface area (Å²) >= 11 is 0.512. The Labute approximate surface area is 127 Å². The fourth-order valence-electron chi connectivity index (χ4n) is 1.95. The molecule has 0 spiro atoms. The maximum absolute atomic E-state index is 12.1. The topological polar surface area (TPSA) is 62.5 Å². The van der Waals surface area contributed by atoms with E-state index in [1.807, 2.05) is 13.8 Å². The minimum absolute atomic E-state index is 0.128. The van der Waals surface area contributed by atoms with Gasteiger partial charge in [0.25, 0.3) is 5.76 Å². The number of halogens is 2. The lowest BCUT2D eigenvalue weighted by Gasteiger charge is -2.14. The summed E-state index contributed by atoms with van der Waals surface area (Å²) < 4.78 is 29.5. The van der Waals surface area contributed by atoms with Crippen LogP contribution in [0.3, 0.4) is 0 Å². The Morgan fingerprint density at radius 2 is 2.05 bits per heavy atom. The molecule has 0 radical (unpaired) electrons. The number of rotatable bonds is 10. The van der Waals surface area contributed by atoms with Crippen LogP contribution in [0.25, 0.3) is 0 Å². The molecule has 0 saturated heterocycles. The highest BCUT2D eigenvalue weighted by molar-refractivity contribution is 7.98. The average Bonchev–Trinajstić information content (AvgIpc) is 2.82. The summed E-state index contributed by atoms with van der Waals surface area (Å²) in [5.74, 6) is -2.11. The standard InChI is InChI=1S/C14H21F2NO3S/c1-9(2)5-10(13(18)19)6-17-7-11-3-4-12(20-11)8-21-14(15)16/h3-4,9-10,14,17H,5-8H2,1-2H3,(H,18,19). The summed E-state index contributed by atoms with van der Waals surface area (Å²) in [5.41, 5.74) is 0. The Kier molecular flexibility index (Phi) is 7.74. The quantitative estimate of drug-likeness (QED) is 0.690. The van der Waals surface area contributed by atoms with Gasteiger partial charge in [-0.25, -0.2) is 0 Å². The van der Waals surface area contributed by atoms with E-state index in [1.165, 1.54) is 0 Å². The van der Waals surface area contributed by atoms with Crippen LogP contribution in [-0.2, 0) is 17.1 Å². The zero-order valence-electron chi connectivity index (χ0n) is 12.1. The Bertz CT molecular complexity index is 438. The molecule has 2 N–H and O–H groups in total. The van der Waals surface area contributed by atoms with Gasteiger partial charge in [-0.15, -0.1) is 0 Å². The number of carbonyl (C=O) groups is 1. The number of aliphatic carboxylic acids is 1. The van der Waals surface area contributed by atoms with Gasteiger partial charge in [-0.3, -0.25) is 4.79 Å².